The van der Waals surface area contributed by atoms with E-state index in [1.54, 1.807) is 0 Å². The zero-order valence-corrected chi connectivity index (χ0v) is 17.7. The van der Waals surface area contributed by atoms with Crippen LogP contribution in [0.15, 0.2) is 0 Å². The fourth-order valence-electron chi connectivity index (χ4n) is 4.76. The van der Waals surface area contributed by atoms with Gasteiger partial charge in [-0.05, 0) is 52.4 Å². The monoisotopic (exact) mass is 400 g/mol. The third-order valence-electron chi connectivity index (χ3n) is 6.54. The van der Waals surface area contributed by atoms with Crippen LogP contribution in [0.4, 0.5) is 0 Å². The lowest BCUT2D eigenvalue weighted by molar-refractivity contribution is -0.139. The van der Waals surface area contributed by atoms with Crippen molar-refractivity contribution in [2.75, 3.05) is 32.8 Å². The molecule has 3 fully saturated rings. The lowest BCUT2D eigenvalue weighted by Gasteiger charge is -2.27. The number of amides is 2. The number of hydrogen-bond donors (Lipinski definition) is 0. The molecule has 0 saturated carbocycles. The predicted octanol–water partition coefficient (Wildman–Crippen LogP) is 2.14. The molecule has 0 aromatic carbocycles. The fraction of sp³-hybridized carbons (Fsp3) is 0.727. The van der Waals surface area contributed by atoms with Crippen molar-refractivity contribution in [1.29, 1.82) is 0 Å². The predicted molar refractivity (Wildman–Crippen MR) is 109 cm³/mol. The third kappa shape index (κ3) is 4.44. The number of ether oxygens (including phenoxy) is 1. The van der Waals surface area contributed by atoms with Gasteiger partial charge in [0.25, 0.3) is 5.91 Å². The van der Waals surface area contributed by atoms with Crippen LogP contribution in [0.25, 0.3) is 0 Å². The summed E-state index contributed by atoms with van der Waals surface area (Å²) in [4.78, 5) is 38.7. The van der Waals surface area contributed by atoms with Gasteiger partial charge in [-0.15, -0.1) is 0 Å². The lowest BCUT2D eigenvalue weighted by atomic mass is 10.0. The molecular weight excluding hydrogens is 368 g/mol. The van der Waals surface area contributed by atoms with Gasteiger partial charge in [0.05, 0.1) is 6.42 Å². The Labute approximate surface area is 172 Å². The zero-order valence-electron chi connectivity index (χ0n) is 17.7. The summed E-state index contributed by atoms with van der Waals surface area (Å²) in [6, 6.07) is 0. The molecule has 1 aromatic heterocycles. The second kappa shape index (κ2) is 8.78. The fourth-order valence-corrected chi connectivity index (χ4v) is 4.76. The Hall–Kier alpha value is -2.02. The summed E-state index contributed by atoms with van der Waals surface area (Å²) >= 11 is 0. The number of hydrogen-bond acceptors (Lipinski definition) is 5. The molecule has 3 aliphatic rings. The van der Waals surface area contributed by atoms with Crippen molar-refractivity contribution < 1.29 is 14.3 Å². The van der Waals surface area contributed by atoms with Crippen LogP contribution in [0.2, 0.25) is 0 Å². The number of carbonyl (C=O) groups excluding carboxylic acids is 2. The van der Waals surface area contributed by atoms with Crippen LogP contribution in [0, 0.1) is 13.8 Å². The molecule has 4 heterocycles. The molecule has 3 saturated heterocycles. The number of piperidine rings is 1. The van der Waals surface area contributed by atoms with E-state index in [1.165, 1.54) is 6.42 Å². The van der Waals surface area contributed by atoms with Gasteiger partial charge in [-0.25, -0.2) is 9.97 Å². The normalized spacial score (nSPS) is 24.9. The summed E-state index contributed by atoms with van der Waals surface area (Å²) in [5.74, 6) is 1.25. The first-order chi connectivity index (χ1) is 14.0. The highest BCUT2D eigenvalue weighted by Crippen LogP contribution is 2.28. The van der Waals surface area contributed by atoms with Gasteiger partial charge in [-0.3, -0.25) is 9.59 Å². The Bertz CT molecular complexity index is 746. The van der Waals surface area contributed by atoms with Crippen LogP contribution >= 0.6 is 0 Å². The Kier molecular flexibility index (Phi) is 6.13. The van der Waals surface area contributed by atoms with E-state index in [1.807, 2.05) is 23.6 Å². The summed E-state index contributed by atoms with van der Waals surface area (Å²) in [5, 5.41) is 0. The highest BCUT2D eigenvalue weighted by molar-refractivity contribution is 5.81. The molecule has 158 valence electrons. The minimum Gasteiger partial charge on any atom is -0.368 e. The quantitative estimate of drug-likeness (QED) is 0.774. The number of aromatic nitrogens is 2. The lowest BCUT2D eigenvalue weighted by Crippen LogP contribution is -2.37. The van der Waals surface area contributed by atoms with Gasteiger partial charge in [-0.2, -0.15) is 0 Å². The Morgan fingerprint density at radius 3 is 2.34 bits per heavy atom. The Morgan fingerprint density at radius 2 is 1.69 bits per heavy atom. The topological polar surface area (TPSA) is 75.6 Å². The molecule has 0 spiro atoms. The van der Waals surface area contributed by atoms with Gasteiger partial charge in [0.15, 0.2) is 0 Å². The standard InChI is InChI=1S/C22H32N4O3/c1-15-18(13-20(27)25-9-4-3-5-10-25)16(2)24-21(23-15)17-8-11-26(14-17)22(28)19-7-6-12-29-19/h17,19H,3-14H2,1-2H3/t17-,19-/m0/s1. The molecule has 0 bridgehead atoms. The number of rotatable bonds is 4. The van der Waals surface area contributed by atoms with Crippen molar-refractivity contribution in [1.82, 2.24) is 19.8 Å². The SMILES string of the molecule is Cc1nc([C@H]2CCN(C(=O)[C@@H]3CCCO3)C2)nc(C)c1CC(=O)N1CCCCC1. The van der Waals surface area contributed by atoms with E-state index in [0.29, 0.717) is 19.6 Å². The number of nitrogens with zero attached hydrogens (tertiary/aromatic N) is 4. The van der Waals surface area contributed by atoms with Gasteiger partial charge >= 0.3 is 0 Å². The molecule has 7 nitrogen and oxygen atoms in total. The van der Waals surface area contributed by atoms with E-state index in [2.05, 4.69) is 0 Å². The zero-order chi connectivity index (χ0) is 20.4. The van der Waals surface area contributed by atoms with Crippen molar-refractivity contribution in [3.8, 4) is 0 Å². The first-order valence-corrected chi connectivity index (χ1v) is 11.0. The largest absolute Gasteiger partial charge is 0.368 e. The molecule has 7 heteroatoms. The molecule has 4 rings (SSSR count). The maximum atomic E-state index is 12.7. The van der Waals surface area contributed by atoms with Crippen LogP contribution in [0.3, 0.4) is 0 Å². The van der Waals surface area contributed by atoms with Crippen LogP contribution in [-0.2, 0) is 20.7 Å². The minimum atomic E-state index is -0.263. The van der Waals surface area contributed by atoms with Crippen LogP contribution in [0.1, 0.15) is 67.2 Å². The maximum Gasteiger partial charge on any atom is 0.251 e. The molecule has 0 unspecified atom stereocenters. The first kappa shape index (κ1) is 20.3. The number of carbonyl (C=O) groups is 2. The smallest absolute Gasteiger partial charge is 0.251 e. The van der Waals surface area contributed by atoms with Crippen LogP contribution in [-0.4, -0.2) is 70.5 Å². The second-order valence-corrected chi connectivity index (χ2v) is 8.62. The van der Waals surface area contributed by atoms with Gasteiger partial charge < -0.3 is 14.5 Å². The Morgan fingerprint density at radius 1 is 0.966 bits per heavy atom. The number of likely N-dealkylation sites (tertiary alicyclic amines) is 2. The van der Waals surface area contributed by atoms with Crippen molar-refractivity contribution in [3.63, 3.8) is 0 Å². The molecule has 29 heavy (non-hydrogen) atoms. The second-order valence-electron chi connectivity index (χ2n) is 8.62. The highest BCUT2D eigenvalue weighted by Gasteiger charge is 2.35. The van der Waals surface area contributed by atoms with E-state index >= 15 is 0 Å². The van der Waals surface area contributed by atoms with Crippen molar-refractivity contribution in [2.24, 2.45) is 0 Å². The van der Waals surface area contributed by atoms with E-state index in [9.17, 15) is 9.59 Å². The van der Waals surface area contributed by atoms with Gasteiger partial charge in [0.2, 0.25) is 5.91 Å². The molecule has 0 radical (unpaired) electrons. The van der Waals surface area contributed by atoms with E-state index in [4.69, 9.17) is 14.7 Å². The van der Waals surface area contributed by atoms with Crippen LogP contribution in [0.5, 0.6) is 0 Å². The summed E-state index contributed by atoms with van der Waals surface area (Å²) in [6.07, 6.45) is 6.20. The molecular formula is C22H32N4O3. The van der Waals surface area contributed by atoms with Crippen molar-refractivity contribution in [3.05, 3.63) is 22.8 Å². The summed E-state index contributed by atoms with van der Waals surface area (Å²) in [7, 11) is 0. The molecule has 2 atom stereocenters. The molecule has 0 aliphatic carbocycles. The van der Waals surface area contributed by atoms with Crippen molar-refractivity contribution in [2.45, 2.75) is 70.8 Å². The van der Waals surface area contributed by atoms with E-state index in [-0.39, 0.29) is 23.8 Å². The molecule has 2 amide bonds. The van der Waals surface area contributed by atoms with Gasteiger partial charge in [0, 0.05) is 55.7 Å². The van der Waals surface area contributed by atoms with E-state index < -0.39 is 0 Å². The van der Waals surface area contributed by atoms with E-state index in [0.717, 1.165) is 74.5 Å². The average Bonchev–Trinajstić information content (AvgIpc) is 3.43. The highest BCUT2D eigenvalue weighted by atomic mass is 16.5. The van der Waals surface area contributed by atoms with Crippen molar-refractivity contribution >= 4 is 11.8 Å². The Balaban J connectivity index is 1.41. The summed E-state index contributed by atoms with van der Waals surface area (Å²) in [6.45, 7) is 7.76. The molecule has 3 aliphatic heterocycles. The summed E-state index contributed by atoms with van der Waals surface area (Å²) < 4.78 is 5.55. The van der Waals surface area contributed by atoms with Gasteiger partial charge in [0.1, 0.15) is 11.9 Å². The molecule has 1 aromatic rings. The van der Waals surface area contributed by atoms with Gasteiger partial charge in [-0.1, -0.05) is 0 Å². The third-order valence-corrected chi connectivity index (χ3v) is 6.54. The molecule has 0 N–H and O–H groups in total. The minimum absolute atomic E-state index is 0.113. The average molecular weight is 401 g/mol. The summed E-state index contributed by atoms with van der Waals surface area (Å²) in [5.41, 5.74) is 2.73. The van der Waals surface area contributed by atoms with Crippen LogP contribution < -0.4 is 0 Å². The number of aryl methyl sites for hydroxylation is 2. The maximum absolute atomic E-state index is 12.7. The first-order valence-electron chi connectivity index (χ1n) is 11.0.